The van der Waals surface area contributed by atoms with E-state index in [1.54, 1.807) is 5.56 Å². The molecule has 9 aromatic carbocycles. The summed E-state index contributed by atoms with van der Waals surface area (Å²) in [6, 6.07) is 74.1. The van der Waals surface area contributed by atoms with E-state index in [2.05, 4.69) is 217 Å². The molecular formula is C63H52N2O. The summed E-state index contributed by atoms with van der Waals surface area (Å²) in [5.41, 5.74) is 15.3. The maximum Gasteiger partial charge on any atom is 0.135 e. The molecule has 2 bridgehead atoms. The van der Waals surface area contributed by atoms with Crippen LogP contribution in [0.2, 0.25) is 0 Å². The Kier molecular flexibility index (Phi) is 9.27. The zero-order valence-corrected chi connectivity index (χ0v) is 37.5. The van der Waals surface area contributed by atoms with E-state index in [0.29, 0.717) is 0 Å². The minimum absolute atomic E-state index is 0.275. The lowest BCUT2D eigenvalue weighted by molar-refractivity contribution is 0.101. The van der Waals surface area contributed by atoms with Gasteiger partial charge in [-0.05, 0) is 154 Å². The van der Waals surface area contributed by atoms with Crippen molar-refractivity contribution >= 4 is 71.6 Å². The monoisotopic (exact) mass is 852 g/mol. The van der Waals surface area contributed by atoms with Gasteiger partial charge < -0.3 is 13.9 Å². The van der Waals surface area contributed by atoms with Gasteiger partial charge in [-0.25, -0.2) is 0 Å². The van der Waals surface area contributed by atoms with Gasteiger partial charge in [0.25, 0.3) is 0 Å². The number of para-hydroxylation sites is 2. The standard InChI is InChI=1S/C63H52N2O/c1-2-42-34-43-16-15-33-63(40-42,41-43)47-27-31-58-56(36-47)53-30-28-50(39-59(53)65(58)48-22-10-5-11-23-48)64(49-29-32-61-57(37-49)54-24-12-13-26-60(54)66-61)51-35-46-21-14-25-52(44-17-6-3-7-18-44)62(46)55(38-51)45-19-8-4-9-20-45/h3-14,17-32,35-39,42-43H,2,15-16,33-34,40-41H2,1H3. The predicted molar refractivity (Wildman–Crippen MR) is 278 cm³/mol. The van der Waals surface area contributed by atoms with Crippen LogP contribution in [0, 0.1) is 11.8 Å². The van der Waals surface area contributed by atoms with Crippen LogP contribution in [0.5, 0.6) is 0 Å². The Morgan fingerprint density at radius 3 is 2.09 bits per heavy atom. The fraction of sp³-hybridized carbons (Fsp3) is 0.175. The zero-order chi connectivity index (χ0) is 43.8. The smallest absolute Gasteiger partial charge is 0.135 e. The summed E-state index contributed by atoms with van der Waals surface area (Å²) in [7, 11) is 0. The first kappa shape index (κ1) is 39.0. The van der Waals surface area contributed by atoms with E-state index < -0.39 is 0 Å². The van der Waals surface area contributed by atoms with Gasteiger partial charge in [0.2, 0.25) is 0 Å². The maximum atomic E-state index is 6.41. The second-order valence-corrected chi connectivity index (χ2v) is 19.3. The van der Waals surface area contributed by atoms with Gasteiger partial charge in [0.1, 0.15) is 11.2 Å². The fourth-order valence-corrected chi connectivity index (χ4v) is 12.5. The fourth-order valence-electron chi connectivity index (χ4n) is 12.5. The molecular weight excluding hydrogens is 801 g/mol. The number of anilines is 3. The van der Waals surface area contributed by atoms with Gasteiger partial charge in [0.05, 0.1) is 11.0 Å². The third-order valence-electron chi connectivity index (χ3n) is 15.5. The van der Waals surface area contributed by atoms with E-state index in [4.69, 9.17) is 4.42 Å². The number of nitrogens with zero attached hydrogens (tertiary/aromatic N) is 2. The number of hydrogen-bond acceptors (Lipinski definition) is 2. The largest absolute Gasteiger partial charge is 0.456 e. The highest BCUT2D eigenvalue weighted by molar-refractivity contribution is 6.13. The summed E-state index contributed by atoms with van der Waals surface area (Å²) >= 11 is 0. The Labute approximate surface area is 386 Å². The first-order chi connectivity index (χ1) is 32.6. The third-order valence-corrected chi connectivity index (χ3v) is 15.5. The summed E-state index contributed by atoms with van der Waals surface area (Å²) in [4.78, 5) is 2.47. The van der Waals surface area contributed by atoms with E-state index in [1.165, 1.54) is 105 Å². The summed E-state index contributed by atoms with van der Waals surface area (Å²) in [5, 5.41) is 7.30. The molecule has 3 nitrogen and oxygen atoms in total. The van der Waals surface area contributed by atoms with Gasteiger partial charge in [-0.2, -0.15) is 0 Å². The van der Waals surface area contributed by atoms with Crippen molar-refractivity contribution in [3.05, 3.63) is 206 Å². The van der Waals surface area contributed by atoms with Crippen molar-refractivity contribution in [2.24, 2.45) is 11.8 Å². The Morgan fingerprint density at radius 2 is 1.27 bits per heavy atom. The van der Waals surface area contributed by atoms with Crippen LogP contribution < -0.4 is 4.90 Å². The summed E-state index contributed by atoms with van der Waals surface area (Å²) in [6.07, 6.45) is 9.41. The van der Waals surface area contributed by atoms with E-state index in [9.17, 15) is 0 Å². The molecule has 2 aromatic heterocycles. The van der Waals surface area contributed by atoms with E-state index >= 15 is 0 Å². The molecule has 11 aromatic rings. The Bertz CT molecular complexity index is 3600. The molecule has 66 heavy (non-hydrogen) atoms. The quantitative estimate of drug-likeness (QED) is 0.152. The highest BCUT2D eigenvalue weighted by Crippen LogP contribution is 2.54. The Hall–Kier alpha value is -7.36. The zero-order valence-electron chi connectivity index (χ0n) is 37.5. The van der Waals surface area contributed by atoms with Crippen LogP contribution >= 0.6 is 0 Å². The van der Waals surface area contributed by atoms with Crippen LogP contribution in [0.4, 0.5) is 17.1 Å². The van der Waals surface area contributed by atoms with Crippen molar-refractivity contribution in [1.82, 2.24) is 4.57 Å². The van der Waals surface area contributed by atoms with E-state index in [-0.39, 0.29) is 5.41 Å². The molecule has 3 heteroatoms. The average Bonchev–Trinajstić information content (AvgIpc) is 3.91. The lowest BCUT2D eigenvalue weighted by atomic mass is 9.56. The molecule has 0 radical (unpaired) electrons. The van der Waals surface area contributed by atoms with Crippen molar-refractivity contribution < 1.29 is 4.42 Å². The molecule has 0 saturated heterocycles. The predicted octanol–water partition coefficient (Wildman–Crippen LogP) is 17.9. The molecule has 2 saturated carbocycles. The Balaban J connectivity index is 1.07. The first-order valence-corrected chi connectivity index (χ1v) is 24.1. The van der Waals surface area contributed by atoms with E-state index in [1.807, 2.05) is 0 Å². The molecule has 320 valence electrons. The van der Waals surface area contributed by atoms with Crippen molar-refractivity contribution in [2.75, 3.05) is 4.90 Å². The highest BCUT2D eigenvalue weighted by Gasteiger charge is 2.43. The van der Waals surface area contributed by atoms with Gasteiger partial charge in [0.15, 0.2) is 0 Å². The minimum Gasteiger partial charge on any atom is -0.456 e. The summed E-state index contributed by atoms with van der Waals surface area (Å²) in [6.45, 7) is 2.41. The molecule has 3 unspecified atom stereocenters. The Morgan fingerprint density at radius 1 is 0.545 bits per heavy atom. The number of rotatable bonds is 8. The second kappa shape index (κ2) is 15.7. The van der Waals surface area contributed by atoms with Crippen LogP contribution in [0.3, 0.4) is 0 Å². The number of furan rings is 1. The number of hydrogen-bond donors (Lipinski definition) is 0. The molecule has 3 atom stereocenters. The number of aromatic nitrogens is 1. The van der Waals surface area contributed by atoms with Crippen molar-refractivity contribution in [1.29, 1.82) is 0 Å². The molecule has 0 spiro atoms. The second-order valence-electron chi connectivity index (χ2n) is 19.3. The lowest BCUT2D eigenvalue weighted by Crippen LogP contribution is -2.40. The van der Waals surface area contributed by atoms with Crippen molar-refractivity contribution in [2.45, 2.75) is 57.3 Å². The maximum absolute atomic E-state index is 6.41. The molecule has 0 aliphatic heterocycles. The topological polar surface area (TPSA) is 21.3 Å². The highest BCUT2D eigenvalue weighted by atomic mass is 16.3. The molecule has 2 heterocycles. The van der Waals surface area contributed by atoms with Gasteiger partial charge >= 0.3 is 0 Å². The SMILES string of the molecule is CCC1CC2CCCC(c3ccc4c(c3)c3ccc(N(c5cc(-c6ccccc6)c6c(-c7ccccc7)cccc6c5)c5ccc6oc7ccccc7c6c5)cc3n4-c3ccccc3)(C1)C2. The molecule has 0 amide bonds. The summed E-state index contributed by atoms with van der Waals surface area (Å²) < 4.78 is 8.91. The number of fused-ring (bicyclic) bond motifs is 9. The lowest BCUT2D eigenvalue weighted by Gasteiger charge is -2.49. The first-order valence-electron chi connectivity index (χ1n) is 24.1. The summed E-state index contributed by atoms with van der Waals surface area (Å²) in [5.74, 6) is 1.68. The van der Waals surface area contributed by atoms with Gasteiger partial charge in [-0.1, -0.05) is 154 Å². The number of benzene rings is 9. The molecule has 2 fully saturated rings. The molecule has 13 rings (SSSR count). The van der Waals surface area contributed by atoms with Crippen LogP contribution in [-0.4, -0.2) is 4.57 Å². The molecule has 2 aliphatic rings. The van der Waals surface area contributed by atoms with Crippen LogP contribution in [0.1, 0.15) is 57.4 Å². The average molecular weight is 853 g/mol. The van der Waals surface area contributed by atoms with Crippen LogP contribution in [0.25, 0.3) is 82.5 Å². The normalized spacial score (nSPS) is 18.4. The van der Waals surface area contributed by atoms with Gasteiger partial charge in [0, 0.05) is 44.3 Å². The van der Waals surface area contributed by atoms with Crippen molar-refractivity contribution in [3.63, 3.8) is 0 Å². The third kappa shape index (κ3) is 6.39. The molecule has 2 aliphatic carbocycles. The van der Waals surface area contributed by atoms with Crippen molar-refractivity contribution in [3.8, 4) is 27.9 Å². The van der Waals surface area contributed by atoms with Gasteiger partial charge in [-0.15, -0.1) is 0 Å². The van der Waals surface area contributed by atoms with Crippen LogP contribution in [0.15, 0.2) is 205 Å². The minimum atomic E-state index is 0.275. The van der Waals surface area contributed by atoms with Crippen LogP contribution in [-0.2, 0) is 5.41 Å². The van der Waals surface area contributed by atoms with Gasteiger partial charge in [-0.3, -0.25) is 0 Å². The molecule has 0 N–H and O–H groups in total. The van der Waals surface area contributed by atoms with E-state index in [0.717, 1.165) is 50.8 Å².